The summed E-state index contributed by atoms with van der Waals surface area (Å²) in [4.78, 5) is 4.62. The third-order valence-electron chi connectivity index (χ3n) is 4.93. The molecule has 2 aromatic heterocycles. The fraction of sp³-hybridized carbons (Fsp3) is 0.227. The van der Waals surface area contributed by atoms with Gasteiger partial charge in [-0.15, -0.1) is 10.2 Å². The van der Waals surface area contributed by atoms with Gasteiger partial charge in [0.1, 0.15) is 5.15 Å². The largest absolute Gasteiger partial charge is 0.411 e. The predicted molar refractivity (Wildman–Crippen MR) is 126 cm³/mol. The van der Waals surface area contributed by atoms with Crippen molar-refractivity contribution in [2.45, 2.75) is 29.7 Å². The number of aromatic nitrogens is 3. The van der Waals surface area contributed by atoms with Crippen LogP contribution in [0.2, 0.25) is 5.15 Å². The Morgan fingerprint density at radius 3 is 2.59 bits per heavy atom. The highest BCUT2D eigenvalue weighted by Crippen LogP contribution is 2.30. The summed E-state index contributed by atoms with van der Waals surface area (Å²) in [6, 6.07) is 16.3. The minimum atomic E-state index is -3.58. The van der Waals surface area contributed by atoms with Gasteiger partial charge < -0.3 is 4.42 Å². The van der Waals surface area contributed by atoms with Crippen molar-refractivity contribution in [2.24, 2.45) is 0 Å². The average molecular weight is 489 g/mol. The standard InChI is InChI=1S/C22H21ClN4O3S2/c1-3-27(4-2)32(28,29)18-10-7-9-16(13-18)21-25-26-22(30-21)31-14-17-12-15-8-5-6-11-19(15)24-20(17)23/h5-13H,3-4,14H2,1-2H3. The number of hydrogen-bond donors (Lipinski definition) is 0. The molecular formula is C22H21ClN4O3S2. The SMILES string of the molecule is CCN(CC)S(=O)(=O)c1cccc(-c2nnc(SCc3cc4ccccc4nc3Cl)o2)c1. The van der Waals surface area contributed by atoms with Crippen LogP contribution >= 0.6 is 23.4 Å². The number of fused-ring (bicyclic) bond motifs is 1. The molecule has 10 heteroatoms. The van der Waals surface area contributed by atoms with Crippen LogP contribution in [0.5, 0.6) is 0 Å². The van der Waals surface area contributed by atoms with Gasteiger partial charge in [0.25, 0.3) is 5.22 Å². The summed E-state index contributed by atoms with van der Waals surface area (Å²) in [5, 5.41) is 9.97. The van der Waals surface area contributed by atoms with Crippen molar-refractivity contribution >= 4 is 44.3 Å². The summed E-state index contributed by atoms with van der Waals surface area (Å²) >= 11 is 7.67. The summed E-state index contributed by atoms with van der Waals surface area (Å²) in [5.41, 5.74) is 2.25. The van der Waals surface area contributed by atoms with Crippen molar-refractivity contribution in [3.05, 3.63) is 65.3 Å². The van der Waals surface area contributed by atoms with Gasteiger partial charge in [0, 0.05) is 35.4 Å². The molecule has 4 aromatic rings. The van der Waals surface area contributed by atoms with Crippen molar-refractivity contribution in [3.63, 3.8) is 0 Å². The molecule has 2 aromatic carbocycles. The summed E-state index contributed by atoms with van der Waals surface area (Å²) < 4.78 is 32.8. The van der Waals surface area contributed by atoms with E-state index < -0.39 is 10.0 Å². The van der Waals surface area contributed by atoms with E-state index in [-0.39, 0.29) is 10.8 Å². The lowest BCUT2D eigenvalue weighted by Gasteiger charge is -2.18. The first kappa shape index (κ1) is 22.7. The molecular weight excluding hydrogens is 468 g/mol. The molecule has 0 aliphatic heterocycles. The van der Waals surface area contributed by atoms with Gasteiger partial charge in [-0.1, -0.05) is 61.5 Å². The fourth-order valence-electron chi connectivity index (χ4n) is 3.26. The quantitative estimate of drug-likeness (QED) is 0.247. The van der Waals surface area contributed by atoms with Crippen molar-refractivity contribution in [1.29, 1.82) is 0 Å². The monoisotopic (exact) mass is 488 g/mol. The lowest BCUT2D eigenvalue weighted by molar-refractivity contribution is 0.445. The van der Waals surface area contributed by atoms with E-state index in [0.717, 1.165) is 16.5 Å². The van der Waals surface area contributed by atoms with Crippen LogP contribution in [0.1, 0.15) is 19.4 Å². The van der Waals surface area contributed by atoms with E-state index in [2.05, 4.69) is 15.2 Å². The molecule has 0 atom stereocenters. The molecule has 0 aliphatic rings. The molecule has 0 radical (unpaired) electrons. The first-order valence-corrected chi connectivity index (χ1v) is 12.8. The first-order chi connectivity index (χ1) is 15.4. The Bertz CT molecular complexity index is 1350. The second-order valence-corrected chi connectivity index (χ2v) is 10.1. The number of sulfonamides is 1. The highest BCUT2D eigenvalue weighted by Gasteiger charge is 2.22. The van der Waals surface area contributed by atoms with Gasteiger partial charge in [0.15, 0.2) is 0 Å². The molecule has 32 heavy (non-hydrogen) atoms. The third kappa shape index (κ3) is 4.66. The number of thioether (sulfide) groups is 1. The lowest BCUT2D eigenvalue weighted by atomic mass is 10.2. The zero-order valence-electron chi connectivity index (χ0n) is 17.5. The number of rotatable bonds is 8. The highest BCUT2D eigenvalue weighted by atomic mass is 35.5. The van der Waals surface area contributed by atoms with E-state index in [1.165, 1.54) is 16.1 Å². The van der Waals surface area contributed by atoms with Crippen LogP contribution in [-0.4, -0.2) is 41.0 Å². The Labute approximate surface area is 195 Å². The maximum Gasteiger partial charge on any atom is 0.277 e. The number of halogens is 1. The van der Waals surface area contributed by atoms with Crippen LogP contribution < -0.4 is 0 Å². The molecule has 4 rings (SSSR count). The molecule has 0 saturated carbocycles. The van der Waals surface area contributed by atoms with E-state index in [1.807, 2.05) is 44.2 Å². The molecule has 0 N–H and O–H groups in total. The molecule has 2 heterocycles. The molecule has 166 valence electrons. The number of pyridine rings is 1. The van der Waals surface area contributed by atoms with E-state index in [4.69, 9.17) is 16.0 Å². The van der Waals surface area contributed by atoms with Crippen LogP contribution in [0, 0.1) is 0 Å². The van der Waals surface area contributed by atoms with Crippen LogP contribution in [0.15, 0.2) is 69.1 Å². The van der Waals surface area contributed by atoms with Crippen molar-refractivity contribution < 1.29 is 12.8 Å². The van der Waals surface area contributed by atoms with Gasteiger partial charge >= 0.3 is 0 Å². The second kappa shape index (κ2) is 9.58. The average Bonchev–Trinajstić information content (AvgIpc) is 3.27. The summed E-state index contributed by atoms with van der Waals surface area (Å²) in [7, 11) is -3.58. The van der Waals surface area contributed by atoms with Gasteiger partial charge in [-0.3, -0.25) is 0 Å². The van der Waals surface area contributed by atoms with E-state index in [1.54, 1.807) is 24.3 Å². The molecule has 0 bridgehead atoms. The Morgan fingerprint density at radius 2 is 1.81 bits per heavy atom. The van der Waals surface area contributed by atoms with Crippen LogP contribution in [-0.2, 0) is 15.8 Å². The summed E-state index contributed by atoms with van der Waals surface area (Å²) in [6.07, 6.45) is 0. The van der Waals surface area contributed by atoms with Gasteiger partial charge in [0.2, 0.25) is 15.9 Å². The minimum absolute atomic E-state index is 0.195. The lowest BCUT2D eigenvalue weighted by Crippen LogP contribution is -2.30. The molecule has 0 aliphatic carbocycles. The van der Waals surface area contributed by atoms with Gasteiger partial charge in [-0.2, -0.15) is 4.31 Å². The predicted octanol–water partition coefficient (Wildman–Crippen LogP) is 5.26. The molecule has 0 fully saturated rings. The molecule has 0 unspecified atom stereocenters. The number of benzene rings is 2. The molecule has 0 saturated heterocycles. The normalized spacial score (nSPS) is 12.0. The molecule has 7 nitrogen and oxygen atoms in total. The number of para-hydroxylation sites is 1. The maximum atomic E-state index is 12.8. The van der Waals surface area contributed by atoms with E-state index in [0.29, 0.717) is 34.8 Å². The maximum absolute atomic E-state index is 12.8. The van der Waals surface area contributed by atoms with Crippen LogP contribution in [0.3, 0.4) is 0 Å². The van der Waals surface area contributed by atoms with Crippen LogP contribution in [0.4, 0.5) is 0 Å². The summed E-state index contributed by atoms with van der Waals surface area (Å²) in [5.74, 6) is 0.765. The molecule has 0 spiro atoms. The van der Waals surface area contributed by atoms with Crippen molar-refractivity contribution in [1.82, 2.24) is 19.5 Å². The fourth-order valence-corrected chi connectivity index (χ4v) is 5.80. The topological polar surface area (TPSA) is 89.2 Å². The Morgan fingerprint density at radius 1 is 1.03 bits per heavy atom. The Hall–Kier alpha value is -2.46. The second-order valence-electron chi connectivity index (χ2n) is 6.91. The van der Waals surface area contributed by atoms with Gasteiger partial charge in [-0.05, 0) is 30.3 Å². The van der Waals surface area contributed by atoms with Gasteiger partial charge in [0.05, 0.1) is 10.4 Å². The first-order valence-electron chi connectivity index (χ1n) is 10.0. The number of nitrogens with zero attached hydrogens (tertiary/aromatic N) is 4. The summed E-state index contributed by atoms with van der Waals surface area (Å²) in [6.45, 7) is 4.42. The van der Waals surface area contributed by atoms with Crippen LogP contribution in [0.25, 0.3) is 22.4 Å². The highest BCUT2D eigenvalue weighted by molar-refractivity contribution is 7.98. The smallest absolute Gasteiger partial charge is 0.277 e. The van der Waals surface area contributed by atoms with Crippen molar-refractivity contribution in [2.75, 3.05) is 13.1 Å². The zero-order valence-corrected chi connectivity index (χ0v) is 19.9. The van der Waals surface area contributed by atoms with E-state index >= 15 is 0 Å². The third-order valence-corrected chi connectivity index (χ3v) is 8.17. The van der Waals surface area contributed by atoms with E-state index in [9.17, 15) is 8.42 Å². The minimum Gasteiger partial charge on any atom is -0.411 e. The zero-order chi connectivity index (χ0) is 22.7. The molecule has 0 amide bonds. The van der Waals surface area contributed by atoms with Crippen molar-refractivity contribution in [3.8, 4) is 11.5 Å². The number of hydrogen-bond acceptors (Lipinski definition) is 7. The Kier molecular flexibility index (Phi) is 6.80. The Balaban J connectivity index is 1.53. The van der Waals surface area contributed by atoms with Gasteiger partial charge in [-0.25, -0.2) is 13.4 Å².